The molecule has 0 atom stereocenters. The Morgan fingerprint density at radius 3 is 2.94 bits per heavy atom. The van der Waals surface area contributed by atoms with Gasteiger partial charge in [-0.15, -0.1) is 0 Å². The molecule has 0 aliphatic rings. The first-order valence-corrected chi connectivity index (χ1v) is 6.29. The second-order valence-electron chi connectivity index (χ2n) is 3.98. The van der Waals surface area contributed by atoms with E-state index in [1.165, 1.54) is 5.57 Å². The predicted molar refractivity (Wildman–Crippen MR) is 74.3 cm³/mol. The molecule has 1 heterocycles. The summed E-state index contributed by atoms with van der Waals surface area (Å²) in [7, 11) is 0. The van der Waals surface area contributed by atoms with Gasteiger partial charge in [0.05, 0.1) is 11.0 Å². The van der Waals surface area contributed by atoms with Crippen molar-refractivity contribution in [2.75, 3.05) is 0 Å². The lowest BCUT2D eigenvalue weighted by molar-refractivity contribution is 0.828. The van der Waals surface area contributed by atoms with E-state index in [2.05, 4.69) is 51.5 Å². The standard InChI is InChI=1S/C12H13BrN2S/c1-8(2)5-6-15-11-4-3-9(13)7-10(11)14-12(15)16/h3-5,7H,6H2,1-2H3,(H,14,16). The monoisotopic (exact) mass is 296 g/mol. The summed E-state index contributed by atoms with van der Waals surface area (Å²) in [5.74, 6) is 0. The Bertz CT molecular complexity index is 603. The van der Waals surface area contributed by atoms with Crippen molar-refractivity contribution in [3.63, 3.8) is 0 Å². The van der Waals surface area contributed by atoms with Crippen molar-refractivity contribution in [2.45, 2.75) is 20.4 Å². The van der Waals surface area contributed by atoms with Gasteiger partial charge in [-0.1, -0.05) is 27.6 Å². The molecule has 1 N–H and O–H groups in total. The van der Waals surface area contributed by atoms with Crippen LogP contribution in [0.1, 0.15) is 13.8 Å². The molecule has 0 radical (unpaired) electrons. The largest absolute Gasteiger partial charge is 0.331 e. The number of aromatic nitrogens is 2. The molecule has 2 rings (SSSR count). The van der Waals surface area contributed by atoms with Gasteiger partial charge in [-0.3, -0.25) is 0 Å². The lowest BCUT2D eigenvalue weighted by Crippen LogP contribution is -1.95. The second kappa shape index (κ2) is 4.55. The molecule has 0 fully saturated rings. The van der Waals surface area contributed by atoms with Crippen molar-refractivity contribution >= 4 is 39.2 Å². The van der Waals surface area contributed by atoms with Crippen LogP contribution in [0.15, 0.2) is 34.3 Å². The topological polar surface area (TPSA) is 20.7 Å². The van der Waals surface area contributed by atoms with Crippen LogP contribution in [0.2, 0.25) is 0 Å². The second-order valence-corrected chi connectivity index (χ2v) is 5.29. The number of aromatic amines is 1. The number of rotatable bonds is 2. The van der Waals surface area contributed by atoms with Gasteiger partial charge in [0.2, 0.25) is 0 Å². The summed E-state index contributed by atoms with van der Waals surface area (Å²) in [6.45, 7) is 5.01. The minimum absolute atomic E-state index is 0.769. The third kappa shape index (κ3) is 2.28. The van der Waals surface area contributed by atoms with Gasteiger partial charge < -0.3 is 9.55 Å². The van der Waals surface area contributed by atoms with Crippen LogP contribution in [0.25, 0.3) is 11.0 Å². The van der Waals surface area contributed by atoms with E-state index in [1.807, 2.05) is 12.1 Å². The zero-order chi connectivity index (χ0) is 11.7. The fraction of sp³-hybridized carbons (Fsp3) is 0.250. The third-order valence-electron chi connectivity index (χ3n) is 2.42. The maximum atomic E-state index is 5.31. The fourth-order valence-corrected chi connectivity index (χ4v) is 2.23. The number of H-pyrrole nitrogens is 1. The number of fused-ring (bicyclic) bond motifs is 1. The van der Waals surface area contributed by atoms with Crippen LogP contribution in [0.5, 0.6) is 0 Å². The van der Waals surface area contributed by atoms with E-state index >= 15 is 0 Å². The van der Waals surface area contributed by atoms with Crippen LogP contribution in [-0.4, -0.2) is 9.55 Å². The first-order chi connectivity index (χ1) is 7.58. The SMILES string of the molecule is CC(C)=CCn1c(=S)[nH]c2cc(Br)ccc21. The summed E-state index contributed by atoms with van der Waals surface area (Å²) in [6, 6.07) is 6.15. The molecule has 2 nitrogen and oxygen atoms in total. The summed E-state index contributed by atoms with van der Waals surface area (Å²) in [5, 5.41) is 0. The Labute approximate surface area is 108 Å². The highest BCUT2D eigenvalue weighted by atomic mass is 79.9. The first kappa shape index (κ1) is 11.6. The molecule has 0 saturated heterocycles. The van der Waals surface area contributed by atoms with Crippen LogP contribution in [-0.2, 0) is 6.54 Å². The Morgan fingerprint density at radius 1 is 1.50 bits per heavy atom. The van der Waals surface area contributed by atoms with E-state index in [0.29, 0.717) is 0 Å². The summed E-state index contributed by atoms with van der Waals surface area (Å²) < 4.78 is 3.93. The van der Waals surface area contributed by atoms with Crippen molar-refractivity contribution in [3.05, 3.63) is 39.1 Å². The zero-order valence-corrected chi connectivity index (χ0v) is 11.7. The van der Waals surface area contributed by atoms with Gasteiger partial charge in [0, 0.05) is 11.0 Å². The first-order valence-electron chi connectivity index (χ1n) is 5.09. The van der Waals surface area contributed by atoms with Gasteiger partial charge in [0.1, 0.15) is 0 Å². The molecule has 0 unspecified atom stereocenters. The normalized spacial score (nSPS) is 10.7. The zero-order valence-electron chi connectivity index (χ0n) is 9.25. The lowest BCUT2D eigenvalue weighted by atomic mass is 10.3. The molecule has 2 aromatic rings. The van der Waals surface area contributed by atoms with E-state index in [9.17, 15) is 0 Å². The van der Waals surface area contributed by atoms with E-state index < -0.39 is 0 Å². The van der Waals surface area contributed by atoms with Crippen molar-refractivity contribution < 1.29 is 0 Å². The number of benzene rings is 1. The predicted octanol–water partition coefficient (Wildman–Crippen LogP) is 4.43. The van der Waals surface area contributed by atoms with Gasteiger partial charge >= 0.3 is 0 Å². The minimum Gasteiger partial charge on any atom is -0.331 e. The highest BCUT2D eigenvalue weighted by Crippen LogP contribution is 2.19. The Kier molecular flexibility index (Phi) is 3.30. The van der Waals surface area contributed by atoms with E-state index in [-0.39, 0.29) is 0 Å². The molecule has 84 valence electrons. The Morgan fingerprint density at radius 2 is 2.25 bits per heavy atom. The molecule has 1 aromatic heterocycles. The third-order valence-corrected chi connectivity index (χ3v) is 3.23. The van der Waals surface area contributed by atoms with Gasteiger partial charge in [0.25, 0.3) is 0 Å². The number of nitrogens with zero attached hydrogens (tertiary/aromatic N) is 1. The van der Waals surface area contributed by atoms with Crippen molar-refractivity contribution in [2.24, 2.45) is 0 Å². The van der Waals surface area contributed by atoms with Crippen LogP contribution in [0.3, 0.4) is 0 Å². The van der Waals surface area contributed by atoms with Gasteiger partial charge in [-0.2, -0.15) is 0 Å². The van der Waals surface area contributed by atoms with Gasteiger partial charge in [-0.25, -0.2) is 0 Å². The number of allylic oxidation sites excluding steroid dienone is 2. The summed E-state index contributed by atoms with van der Waals surface area (Å²) in [6.07, 6.45) is 2.17. The highest BCUT2D eigenvalue weighted by molar-refractivity contribution is 9.10. The number of hydrogen-bond donors (Lipinski definition) is 1. The minimum atomic E-state index is 0.769. The smallest absolute Gasteiger partial charge is 0.178 e. The molecule has 0 saturated carbocycles. The summed E-state index contributed by atoms with van der Waals surface area (Å²) >= 11 is 8.76. The maximum absolute atomic E-state index is 5.31. The number of imidazole rings is 1. The molecule has 16 heavy (non-hydrogen) atoms. The molecule has 4 heteroatoms. The average Bonchev–Trinajstić information content (AvgIpc) is 2.50. The van der Waals surface area contributed by atoms with Gasteiger partial charge in [-0.05, 0) is 44.3 Å². The van der Waals surface area contributed by atoms with Gasteiger partial charge in [0.15, 0.2) is 4.77 Å². The fourth-order valence-electron chi connectivity index (χ4n) is 1.59. The molecule has 0 aliphatic carbocycles. The Balaban J connectivity index is 2.56. The molecule has 1 aromatic carbocycles. The maximum Gasteiger partial charge on any atom is 0.178 e. The van der Waals surface area contributed by atoms with E-state index in [0.717, 1.165) is 26.8 Å². The number of halogens is 1. The molecule has 0 aliphatic heterocycles. The van der Waals surface area contributed by atoms with Crippen LogP contribution < -0.4 is 0 Å². The van der Waals surface area contributed by atoms with Crippen molar-refractivity contribution in [1.82, 2.24) is 9.55 Å². The number of nitrogens with one attached hydrogen (secondary N) is 1. The van der Waals surface area contributed by atoms with Crippen LogP contribution >= 0.6 is 28.1 Å². The molecular formula is C12H13BrN2S. The quantitative estimate of drug-likeness (QED) is 0.642. The average molecular weight is 297 g/mol. The summed E-state index contributed by atoms with van der Waals surface area (Å²) in [5.41, 5.74) is 3.51. The molecule has 0 bridgehead atoms. The van der Waals surface area contributed by atoms with Crippen molar-refractivity contribution in [3.8, 4) is 0 Å². The van der Waals surface area contributed by atoms with Crippen molar-refractivity contribution in [1.29, 1.82) is 0 Å². The summed E-state index contributed by atoms with van der Waals surface area (Å²) in [4.78, 5) is 3.21. The van der Waals surface area contributed by atoms with E-state index in [4.69, 9.17) is 12.2 Å². The number of hydrogen-bond acceptors (Lipinski definition) is 1. The molecule has 0 amide bonds. The van der Waals surface area contributed by atoms with E-state index in [1.54, 1.807) is 0 Å². The molecular weight excluding hydrogens is 284 g/mol. The van der Waals surface area contributed by atoms with Crippen LogP contribution in [0.4, 0.5) is 0 Å². The van der Waals surface area contributed by atoms with Crippen LogP contribution in [0, 0.1) is 4.77 Å². The highest BCUT2D eigenvalue weighted by Gasteiger charge is 2.03. The molecule has 0 spiro atoms. The lowest BCUT2D eigenvalue weighted by Gasteiger charge is -2.00. The Hall–Kier alpha value is -0.870.